The Bertz CT molecular complexity index is 853. The van der Waals surface area contributed by atoms with Crippen molar-refractivity contribution in [2.45, 2.75) is 46.7 Å². The van der Waals surface area contributed by atoms with E-state index in [9.17, 15) is 14.4 Å². The van der Waals surface area contributed by atoms with Crippen LogP contribution in [-0.2, 0) is 20.9 Å². The molecule has 2 rings (SSSR count). The third-order valence-electron chi connectivity index (χ3n) is 4.00. The van der Waals surface area contributed by atoms with Crippen LogP contribution >= 0.6 is 11.3 Å². The number of methoxy groups -OCH3 is 1. The lowest BCUT2D eigenvalue weighted by Gasteiger charge is -2.18. The van der Waals surface area contributed by atoms with Crippen LogP contribution in [0.3, 0.4) is 0 Å². The van der Waals surface area contributed by atoms with Crippen molar-refractivity contribution in [2.24, 2.45) is 5.92 Å². The van der Waals surface area contributed by atoms with E-state index in [1.54, 1.807) is 0 Å². The van der Waals surface area contributed by atoms with Gasteiger partial charge in [0, 0.05) is 4.88 Å². The number of hydrogen-bond donors (Lipinski definition) is 1. The number of esters is 1. The zero-order valence-electron chi connectivity index (χ0n) is 15.1. The molecule has 0 saturated carbocycles. The number of ether oxygens (including phenoxy) is 1. The standard InChI is InChI=1S/C17H23N3O4S/c1-9(2)6-12(17(23)24-5)19-13(21)7-20-8-18-15-14(16(20)22)10(3)11(4)25-15/h8-9,12H,6-7H2,1-5H3,(H,19,21)/t12-/m0/s1. The number of carbonyl (C=O) groups is 2. The Morgan fingerprint density at radius 3 is 2.64 bits per heavy atom. The van der Waals surface area contributed by atoms with E-state index in [2.05, 4.69) is 10.3 Å². The van der Waals surface area contributed by atoms with Crippen molar-refractivity contribution in [3.8, 4) is 0 Å². The Kier molecular flexibility index (Phi) is 5.94. The molecule has 0 aliphatic heterocycles. The van der Waals surface area contributed by atoms with E-state index in [1.807, 2.05) is 27.7 Å². The monoisotopic (exact) mass is 365 g/mol. The number of fused-ring (bicyclic) bond motifs is 1. The number of nitrogens with zero attached hydrogens (tertiary/aromatic N) is 2. The molecule has 2 aromatic rings. The van der Waals surface area contributed by atoms with E-state index in [4.69, 9.17) is 4.74 Å². The van der Waals surface area contributed by atoms with E-state index >= 15 is 0 Å². The quantitative estimate of drug-likeness (QED) is 0.788. The van der Waals surface area contributed by atoms with Crippen LogP contribution in [0.15, 0.2) is 11.1 Å². The first kappa shape index (κ1) is 19.1. The first-order valence-corrected chi connectivity index (χ1v) is 8.88. The van der Waals surface area contributed by atoms with Crippen LogP contribution in [0.5, 0.6) is 0 Å². The SMILES string of the molecule is COC(=O)[C@H](CC(C)C)NC(=O)Cn1cnc2sc(C)c(C)c2c1=O. The van der Waals surface area contributed by atoms with Gasteiger partial charge < -0.3 is 10.1 Å². The molecule has 2 heterocycles. The summed E-state index contributed by atoms with van der Waals surface area (Å²) in [7, 11) is 1.28. The van der Waals surface area contributed by atoms with Crippen LogP contribution in [0.1, 0.15) is 30.7 Å². The Balaban J connectivity index is 2.21. The van der Waals surface area contributed by atoms with Gasteiger partial charge in [0.25, 0.3) is 5.56 Å². The normalized spacial score (nSPS) is 12.4. The van der Waals surface area contributed by atoms with E-state index in [-0.39, 0.29) is 18.0 Å². The van der Waals surface area contributed by atoms with Gasteiger partial charge in [0.1, 0.15) is 17.4 Å². The lowest BCUT2D eigenvalue weighted by Crippen LogP contribution is -2.44. The van der Waals surface area contributed by atoms with E-state index in [1.165, 1.54) is 29.3 Å². The Morgan fingerprint density at radius 2 is 2.04 bits per heavy atom. The molecule has 0 bridgehead atoms. The number of rotatable bonds is 6. The molecule has 0 aliphatic carbocycles. The topological polar surface area (TPSA) is 90.3 Å². The second-order valence-corrected chi connectivity index (χ2v) is 7.62. The van der Waals surface area contributed by atoms with E-state index in [0.717, 1.165) is 10.4 Å². The van der Waals surface area contributed by atoms with E-state index in [0.29, 0.717) is 16.6 Å². The number of amides is 1. The van der Waals surface area contributed by atoms with Crippen LogP contribution in [0.4, 0.5) is 0 Å². The highest BCUT2D eigenvalue weighted by Crippen LogP contribution is 2.25. The Labute approximate surface area is 150 Å². The third kappa shape index (κ3) is 4.25. The minimum absolute atomic E-state index is 0.193. The number of aromatic nitrogens is 2. The summed E-state index contributed by atoms with van der Waals surface area (Å²) in [5, 5.41) is 3.19. The van der Waals surface area contributed by atoms with Crippen molar-refractivity contribution in [1.82, 2.24) is 14.9 Å². The number of nitrogens with one attached hydrogen (secondary N) is 1. The fourth-order valence-corrected chi connectivity index (χ4v) is 3.59. The summed E-state index contributed by atoms with van der Waals surface area (Å²) < 4.78 is 6.00. The molecule has 0 aliphatic rings. The number of carbonyl (C=O) groups excluding carboxylic acids is 2. The van der Waals surface area contributed by atoms with Gasteiger partial charge in [-0.3, -0.25) is 14.2 Å². The molecule has 0 radical (unpaired) electrons. The zero-order valence-corrected chi connectivity index (χ0v) is 15.9. The van der Waals surface area contributed by atoms with Gasteiger partial charge in [0.15, 0.2) is 0 Å². The third-order valence-corrected chi connectivity index (χ3v) is 5.11. The summed E-state index contributed by atoms with van der Waals surface area (Å²) in [6.07, 6.45) is 1.84. The molecule has 0 spiro atoms. The fraction of sp³-hybridized carbons (Fsp3) is 0.529. The lowest BCUT2D eigenvalue weighted by atomic mass is 10.0. The van der Waals surface area contributed by atoms with Gasteiger partial charge in [0.05, 0.1) is 18.8 Å². The Hall–Kier alpha value is -2.22. The fourth-order valence-electron chi connectivity index (χ4n) is 2.61. The smallest absolute Gasteiger partial charge is 0.328 e. The second kappa shape index (κ2) is 7.77. The van der Waals surface area contributed by atoms with Crippen molar-refractivity contribution >= 4 is 33.4 Å². The van der Waals surface area contributed by atoms with Gasteiger partial charge in [-0.05, 0) is 31.7 Å². The molecule has 1 atom stereocenters. The van der Waals surface area contributed by atoms with Crippen molar-refractivity contribution in [3.63, 3.8) is 0 Å². The van der Waals surface area contributed by atoms with E-state index < -0.39 is 17.9 Å². The van der Waals surface area contributed by atoms with Crippen molar-refractivity contribution < 1.29 is 14.3 Å². The number of hydrogen-bond acceptors (Lipinski definition) is 6. The summed E-state index contributed by atoms with van der Waals surface area (Å²) in [5.74, 6) is -0.710. The summed E-state index contributed by atoms with van der Waals surface area (Å²) in [5.41, 5.74) is 0.639. The average molecular weight is 365 g/mol. The summed E-state index contributed by atoms with van der Waals surface area (Å²) in [6, 6.07) is -0.727. The maximum atomic E-state index is 12.6. The largest absolute Gasteiger partial charge is 0.467 e. The molecule has 25 heavy (non-hydrogen) atoms. The molecule has 8 heteroatoms. The van der Waals surface area contributed by atoms with Crippen LogP contribution in [-0.4, -0.2) is 34.6 Å². The summed E-state index contributed by atoms with van der Waals surface area (Å²) in [6.45, 7) is 7.52. The lowest BCUT2D eigenvalue weighted by molar-refractivity contribution is -0.145. The number of aryl methyl sites for hydroxylation is 2. The maximum Gasteiger partial charge on any atom is 0.328 e. The highest BCUT2D eigenvalue weighted by atomic mass is 32.1. The van der Waals surface area contributed by atoms with Crippen LogP contribution in [0.2, 0.25) is 0 Å². The molecule has 1 amide bonds. The van der Waals surface area contributed by atoms with Gasteiger partial charge in [-0.15, -0.1) is 11.3 Å². The van der Waals surface area contributed by atoms with Gasteiger partial charge in [0.2, 0.25) is 5.91 Å². The van der Waals surface area contributed by atoms with Crippen LogP contribution in [0.25, 0.3) is 10.2 Å². The molecule has 2 aromatic heterocycles. The zero-order chi connectivity index (χ0) is 18.7. The number of thiophene rings is 1. The first-order valence-electron chi connectivity index (χ1n) is 8.06. The molecule has 0 fully saturated rings. The Morgan fingerprint density at radius 1 is 1.36 bits per heavy atom. The molecule has 0 saturated heterocycles. The van der Waals surface area contributed by atoms with Crippen LogP contribution in [0, 0.1) is 19.8 Å². The van der Waals surface area contributed by atoms with Gasteiger partial charge in [-0.25, -0.2) is 9.78 Å². The highest BCUT2D eigenvalue weighted by molar-refractivity contribution is 7.18. The molecule has 0 aromatic carbocycles. The highest BCUT2D eigenvalue weighted by Gasteiger charge is 2.23. The molecular formula is C17H23N3O4S. The van der Waals surface area contributed by atoms with Gasteiger partial charge in [-0.2, -0.15) is 0 Å². The van der Waals surface area contributed by atoms with Crippen molar-refractivity contribution in [2.75, 3.05) is 7.11 Å². The van der Waals surface area contributed by atoms with Gasteiger partial charge in [-0.1, -0.05) is 13.8 Å². The molecule has 0 unspecified atom stereocenters. The minimum atomic E-state index is -0.727. The second-order valence-electron chi connectivity index (χ2n) is 6.41. The maximum absolute atomic E-state index is 12.6. The molecule has 7 nitrogen and oxygen atoms in total. The molecule has 136 valence electrons. The predicted octanol–water partition coefficient (Wildman–Crippen LogP) is 1.78. The molecule has 1 N–H and O–H groups in total. The van der Waals surface area contributed by atoms with Crippen molar-refractivity contribution in [3.05, 3.63) is 27.1 Å². The van der Waals surface area contributed by atoms with Crippen molar-refractivity contribution in [1.29, 1.82) is 0 Å². The minimum Gasteiger partial charge on any atom is -0.467 e. The van der Waals surface area contributed by atoms with Gasteiger partial charge >= 0.3 is 5.97 Å². The van der Waals surface area contributed by atoms with Crippen LogP contribution < -0.4 is 10.9 Å². The summed E-state index contributed by atoms with van der Waals surface area (Å²) >= 11 is 1.46. The predicted molar refractivity (Wildman–Crippen MR) is 96.8 cm³/mol. The average Bonchev–Trinajstić information content (AvgIpc) is 2.83. The molecular weight excluding hydrogens is 342 g/mol. The first-order chi connectivity index (χ1) is 11.7. The summed E-state index contributed by atoms with van der Waals surface area (Å²) in [4.78, 5) is 42.7.